The molecule has 148 valence electrons. The fourth-order valence-electron chi connectivity index (χ4n) is 2.64. The number of ether oxygens (including phenoxy) is 1. The Morgan fingerprint density at radius 1 is 1.11 bits per heavy atom. The lowest BCUT2D eigenvalue weighted by molar-refractivity contribution is 0.170. The Labute approximate surface area is 179 Å². The van der Waals surface area contributed by atoms with Gasteiger partial charge in [0, 0.05) is 19.6 Å². The molecule has 5 nitrogen and oxygen atoms in total. The first-order chi connectivity index (χ1) is 12.7. The molecule has 6 heteroatoms. The maximum atomic E-state index is 10.2. The lowest BCUT2D eigenvalue weighted by Crippen LogP contribution is -2.38. The fraction of sp³-hybridized carbons (Fsp3) is 0.381. The van der Waals surface area contributed by atoms with E-state index < -0.39 is 6.10 Å². The zero-order chi connectivity index (χ0) is 18.6. The highest BCUT2D eigenvalue weighted by Gasteiger charge is 2.06. The number of halogens is 1. The summed E-state index contributed by atoms with van der Waals surface area (Å²) in [4.78, 5) is 4.55. The number of methoxy groups -OCH3 is 1. The van der Waals surface area contributed by atoms with E-state index in [1.165, 1.54) is 5.56 Å². The van der Waals surface area contributed by atoms with Gasteiger partial charge in [-0.15, -0.1) is 24.0 Å². The molecule has 0 saturated heterocycles. The molecule has 0 fully saturated rings. The molecule has 2 aromatic rings. The van der Waals surface area contributed by atoms with Gasteiger partial charge in [0.2, 0.25) is 0 Å². The van der Waals surface area contributed by atoms with Gasteiger partial charge in [-0.2, -0.15) is 0 Å². The molecule has 0 saturated carbocycles. The number of rotatable bonds is 9. The van der Waals surface area contributed by atoms with Crippen molar-refractivity contribution in [2.24, 2.45) is 4.99 Å². The summed E-state index contributed by atoms with van der Waals surface area (Å²) in [6.45, 7) is 4.18. The largest absolute Gasteiger partial charge is 0.497 e. The topological polar surface area (TPSA) is 65.9 Å². The van der Waals surface area contributed by atoms with E-state index in [0.29, 0.717) is 13.0 Å². The summed E-state index contributed by atoms with van der Waals surface area (Å²) in [5.74, 6) is 1.65. The molecule has 0 spiro atoms. The number of guanidine groups is 1. The molecule has 0 amide bonds. The van der Waals surface area contributed by atoms with E-state index in [2.05, 4.69) is 21.7 Å². The summed E-state index contributed by atoms with van der Waals surface area (Å²) < 4.78 is 5.25. The molecule has 0 aliphatic heterocycles. The highest BCUT2D eigenvalue weighted by Crippen LogP contribution is 2.15. The lowest BCUT2D eigenvalue weighted by Gasteiger charge is -2.13. The minimum atomic E-state index is -0.486. The summed E-state index contributed by atoms with van der Waals surface area (Å²) in [5, 5.41) is 16.8. The standard InChI is InChI=1S/C21H29N3O2.HI/c1-3-22-21(23-14-12-17-8-7-11-19(16-17)26-2)24-15-13-20(25)18-9-5-4-6-10-18;/h4-11,16,20,25H,3,12-15H2,1-2H3,(H2,22,23,24);1H. The highest BCUT2D eigenvalue weighted by atomic mass is 127. The number of nitrogens with zero attached hydrogens (tertiary/aromatic N) is 1. The van der Waals surface area contributed by atoms with Gasteiger partial charge < -0.3 is 20.5 Å². The SMILES string of the molecule is CCNC(=NCCC(O)c1ccccc1)NCCc1cccc(OC)c1.I. The molecular formula is C21H30IN3O2. The van der Waals surface area contributed by atoms with Crippen molar-refractivity contribution in [3.8, 4) is 5.75 Å². The molecule has 0 radical (unpaired) electrons. The minimum absolute atomic E-state index is 0. The number of hydrogen-bond donors (Lipinski definition) is 3. The number of aliphatic hydroxyl groups excluding tert-OH is 1. The summed E-state index contributed by atoms with van der Waals surface area (Å²) in [6.07, 6.45) is 0.990. The van der Waals surface area contributed by atoms with Crippen LogP contribution in [0.15, 0.2) is 59.6 Å². The zero-order valence-corrected chi connectivity index (χ0v) is 18.4. The van der Waals surface area contributed by atoms with Crippen LogP contribution in [0.5, 0.6) is 5.75 Å². The highest BCUT2D eigenvalue weighted by molar-refractivity contribution is 14.0. The van der Waals surface area contributed by atoms with Crippen LogP contribution in [0, 0.1) is 0 Å². The molecule has 2 aromatic carbocycles. The summed E-state index contributed by atoms with van der Waals surface area (Å²) in [6, 6.07) is 17.8. The Bertz CT molecular complexity index is 680. The summed E-state index contributed by atoms with van der Waals surface area (Å²) >= 11 is 0. The Morgan fingerprint density at radius 3 is 2.59 bits per heavy atom. The minimum Gasteiger partial charge on any atom is -0.497 e. The van der Waals surface area contributed by atoms with Crippen LogP contribution in [0.4, 0.5) is 0 Å². The van der Waals surface area contributed by atoms with Gasteiger partial charge in [-0.1, -0.05) is 42.5 Å². The first kappa shape index (κ1) is 23.2. The Morgan fingerprint density at radius 2 is 1.89 bits per heavy atom. The van der Waals surface area contributed by atoms with E-state index in [4.69, 9.17) is 4.74 Å². The lowest BCUT2D eigenvalue weighted by atomic mass is 10.1. The van der Waals surface area contributed by atoms with Crippen LogP contribution in [0.2, 0.25) is 0 Å². The molecule has 2 rings (SSSR count). The average molecular weight is 483 g/mol. The Kier molecular flexibility index (Phi) is 11.5. The van der Waals surface area contributed by atoms with E-state index in [9.17, 15) is 5.11 Å². The van der Waals surface area contributed by atoms with E-state index in [0.717, 1.165) is 36.8 Å². The molecule has 1 atom stereocenters. The molecule has 0 aliphatic carbocycles. The van der Waals surface area contributed by atoms with Crippen molar-refractivity contribution in [2.75, 3.05) is 26.7 Å². The van der Waals surface area contributed by atoms with Crippen molar-refractivity contribution in [3.63, 3.8) is 0 Å². The normalized spacial score (nSPS) is 12.0. The third-order valence-corrected chi connectivity index (χ3v) is 4.04. The van der Waals surface area contributed by atoms with Gasteiger partial charge in [0.25, 0.3) is 0 Å². The quantitative estimate of drug-likeness (QED) is 0.290. The van der Waals surface area contributed by atoms with E-state index in [1.54, 1.807) is 7.11 Å². The van der Waals surface area contributed by atoms with Crippen molar-refractivity contribution in [1.82, 2.24) is 10.6 Å². The Hall–Kier alpha value is -1.80. The maximum Gasteiger partial charge on any atom is 0.191 e. The molecule has 0 aromatic heterocycles. The molecule has 0 heterocycles. The second-order valence-electron chi connectivity index (χ2n) is 6.00. The second-order valence-corrected chi connectivity index (χ2v) is 6.00. The summed E-state index contributed by atoms with van der Waals surface area (Å²) in [7, 11) is 1.68. The molecule has 0 aliphatic rings. The molecule has 1 unspecified atom stereocenters. The van der Waals surface area contributed by atoms with E-state index in [1.807, 2.05) is 55.5 Å². The van der Waals surface area contributed by atoms with Gasteiger partial charge in [0.05, 0.1) is 13.2 Å². The maximum absolute atomic E-state index is 10.2. The van der Waals surface area contributed by atoms with Gasteiger partial charge >= 0.3 is 0 Å². The van der Waals surface area contributed by atoms with Gasteiger partial charge in [-0.3, -0.25) is 4.99 Å². The summed E-state index contributed by atoms with van der Waals surface area (Å²) in [5.41, 5.74) is 2.14. The predicted molar refractivity (Wildman–Crippen MR) is 122 cm³/mol. The van der Waals surface area contributed by atoms with Crippen LogP contribution in [-0.2, 0) is 6.42 Å². The number of nitrogens with one attached hydrogen (secondary N) is 2. The van der Waals surface area contributed by atoms with Gasteiger partial charge in [-0.25, -0.2) is 0 Å². The third kappa shape index (κ3) is 8.62. The van der Waals surface area contributed by atoms with Crippen molar-refractivity contribution in [3.05, 3.63) is 65.7 Å². The van der Waals surface area contributed by atoms with Gasteiger partial charge in [0.15, 0.2) is 5.96 Å². The number of hydrogen-bond acceptors (Lipinski definition) is 3. The second kappa shape index (κ2) is 13.4. The van der Waals surface area contributed by atoms with Crippen LogP contribution < -0.4 is 15.4 Å². The van der Waals surface area contributed by atoms with Crippen molar-refractivity contribution in [1.29, 1.82) is 0 Å². The number of benzene rings is 2. The molecule has 27 heavy (non-hydrogen) atoms. The van der Waals surface area contributed by atoms with Gasteiger partial charge in [0.1, 0.15) is 5.75 Å². The number of aliphatic hydroxyl groups is 1. The van der Waals surface area contributed by atoms with Gasteiger partial charge in [-0.05, 0) is 43.0 Å². The smallest absolute Gasteiger partial charge is 0.191 e. The Balaban J connectivity index is 0.00000364. The van der Waals surface area contributed by atoms with Crippen LogP contribution in [0.3, 0.4) is 0 Å². The average Bonchev–Trinajstić information content (AvgIpc) is 2.68. The van der Waals surface area contributed by atoms with Crippen LogP contribution in [-0.4, -0.2) is 37.8 Å². The van der Waals surface area contributed by atoms with E-state index >= 15 is 0 Å². The van der Waals surface area contributed by atoms with E-state index in [-0.39, 0.29) is 24.0 Å². The van der Waals surface area contributed by atoms with Crippen LogP contribution in [0.25, 0.3) is 0 Å². The molecule has 0 bridgehead atoms. The monoisotopic (exact) mass is 483 g/mol. The predicted octanol–water partition coefficient (Wildman–Crippen LogP) is 3.53. The number of aliphatic imine (C=N–C) groups is 1. The van der Waals surface area contributed by atoms with Crippen LogP contribution >= 0.6 is 24.0 Å². The molecular weight excluding hydrogens is 453 g/mol. The van der Waals surface area contributed by atoms with Crippen molar-refractivity contribution in [2.45, 2.75) is 25.9 Å². The fourth-order valence-corrected chi connectivity index (χ4v) is 2.64. The van der Waals surface area contributed by atoms with Crippen molar-refractivity contribution < 1.29 is 9.84 Å². The first-order valence-corrected chi connectivity index (χ1v) is 9.11. The molecule has 3 N–H and O–H groups in total. The third-order valence-electron chi connectivity index (χ3n) is 4.04. The zero-order valence-electron chi connectivity index (χ0n) is 16.0. The van der Waals surface area contributed by atoms with Crippen molar-refractivity contribution >= 4 is 29.9 Å². The van der Waals surface area contributed by atoms with Crippen LogP contribution in [0.1, 0.15) is 30.6 Å². The first-order valence-electron chi connectivity index (χ1n) is 9.11.